The Kier molecular flexibility index (Phi) is 180. The van der Waals surface area contributed by atoms with E-state index in [1.165, 1.54) is 0 Å². The van der Waals surface area contributed by atoms with Crippen molar-refractivity contribution in [2.45, 2.75) is 0 Å². The Morgan fingerprint density at radius 1 is 1.00 bits per heavy atom. The number of hydrogen-bond acceptors (Lipinski definition) is 0. The molecule has 0 radical (unpaired) electrons. The Bertz CT molecular complexity index is 11.6. The fourth-order valence-corrected chi connectivity index (χ4v) is 0. The molecule has 0 aliphatic heterocycles. The number of halogens is 1. The van der Waals surface area contributed by atoms with Gasteiger partial charge in [0.05, 0.1) is 0 Å². The average molecular weight is 298 g/mol. The van der Waals surface area contributed by atoms with Crippen LogP contribution in [0.5, 0.6) is 0 Å². The van der Waals surface area contributed by atoms with Crippen molar-refractivity contribution in [2.24, 2.45) is 0 Å². The van der Waals surface area contributed by atoms with Crippen LogP contribution in [-0.2, 0) is 26.2 Å². The smallest absolute Gasteiger partial charge is 1.00 e. The fraction of sp³-hybridized carbons (Fsp3) is 0. The zero-order valence-electron chi connectivity index (χ0n) is 3.16. The topological polar surface area (TPSA) is 0 Å². The van der Waals surface area contributed by atoms with Gasteiger partial charge in [-0.15, -0.1) is 0 Å². The molecule has 0 amide bonds. The maximum atomic E-state index is 0. The molecule has 0 atom stereocenters. The summed E-state index contributed by atoms with van der Waals surface area (Å²) in [6, 6.07) is 0. The van der Waals surface area contributed by atoms with Gasteiger partial charge in [-0.2, -0.15) is 0 Å². The molecule has 0 bridgehead atoms. The molecule has 5 heavy (non-hydrogen) atoms. The van der Waals surface area contributed by atoms with Crippen molar-refractivity contribution in [1.29, 1.82) is 0 Å². The Labute approximate surface area is 123 Å². The third kappa shape index (κ3) is 18.1. The second-order valence-corrected chi connectivity index (χ2v) is 0. The van der Waals surface area contributed by atoms with E-state index in [0.717, 1.165) is 0 Å². The van der Waals surface area contributed by atoms with Gasteiger partial charge in [-0.05, 0) is 0 Å². The molecule has 0 aromatic heterocycles. The van der Waals surface area contributed by atoms with Gasteiger partial charge in [0.1, 0.15) is 0 Å². The van der Waals surface area contributed by atoms with Crippen molar-refractivity contribution in [3.63, 3.8) is 0 Å². The van der Waals surface area contributed by atoms with Crippen molar-refractivity contribution in [3.05, 3.63) is 0 Å². The first-order valence-electron chi connectivity index (χ1n) is 0. The molecule has 0 saturated heterocycles. The summed E-state index contributed by atoms with van der Waals surface area (Å²) < 4.78 is 0. The normalized spacial score (nSPS) is 0. The van der Waals surface area contributed by atoms with Crippen molar-refractivity contribution in [3.8, 4) is 0 Å². The summed E-state index contributed by atoms with van der Waals surface area (Å²) in [6.07, 6.45) is 0. The maximum Gasteiger partial charge on any atom is 3.00 e. The molecule has 0 unspecified atom stereocenters. The Morgan fingerprint density at radius 2 is 1.00 bits per heavy atom. The van der Waals surface area contributed by atoms with Crippen molar-refractivity contribution >= 4 is 66.2 Å². The van der Waals surface area contributed by atoms with E-state index >= 15 is 0 Å². The van der Waals surface area contributed by atoms with Crippen LogP contribution in [0.2, 0.25) is 0 Å². The van der Waals surface area contributed by atoms with Gasteiger partial charge in [-0.3, -0.25) is 0 Å². The first-order chi connectivity index (χ1) is 0. The van der Waals surface area contributed by atoms with Crippen LogP contribution in [0, 0.1) is 0 Å². The maximum absolute atomic E-state index is 0. The quantitative estimate of drug-likeness (QED) is 0.390. The van der Waals surface area contributed by atoms with Crippen LogP contribution in [0.4, 0.5) is 0 Å². The van der Waals surface area contributed by atoms with Crippen molar-refractivity contribution in [1.82, 2.24) is 0 Å². The minimum absolute atomic E-state index is 0. The van der Waals surface area contributed by atoms with Crippen LogP contribution in [0.3, 0.4) is 0 Å². The molecular weight excluding hydrogens is 298 g/mol. The van der Waals surface area contributed by atoms with Gasteiger partial charge in [0.15, 0.2) is 0 Å². The first-order valence-corrected chi connectivity index (χ1v) is 0. The van der Waals surface area contributed by atoms with E-state index in [4.69, 9.17) is 0 Å². The van der Waals surface area contributed by atoms with Gasteiger partial charge in [0.2, 0.25) is 0 Å². The molecule has 0 saturated carbocycles. The predicted molar refractivity (Wildman–Crippen MR) is 11.5 cm³/mol. The zero-order valence-corrected chi connectivity index (χ0v) is 13.2. The summed E-state index contributed by atoms with van der Waals surface area (Å²) in [5.41, 5.74) is 0. The van der Waals surface area contributed by atoms with Crippen LogP contribution in [-0.4, -0.2) is 66.2 Å². The van der Waals surface area contributed by atoms with Crippen LogP contribution in [0.15, 0.2) is 0 Å². The minimum Gasteiger partial charge on any atom is -1.00 e. The monoisotopic (exact) mass is 297 g/mol. The summed E-state index contributed by atoms with van der Waals surface area (Å²) >= 11 is 0. The van der Waals surface area contributed by atoms with E-state index in [2.05, 4.69) is 0 Å². The van der Waals surface area contributed by atoms with E-state index in [1.54, 1.807) is 0 Å². The second-order valence-electron chi connectivity index (χ2n) is 0. The molecule has 0 aliphatic carbocycles. The van der Waals surface area contributed by atoms with Gasteiger partial charge in [0.25, 0.3) is 0 Å². The Hall–Kier alpha value is 3.92. The molecule has 0 fully saturated rings. The molecular formula is AlBaFNaZr+7. The van der Waals surface area contributed by atoms with Gasteiger partial charge in [0, 0.05) is 0 Å². The van der Waals surface area contributed by atoms with Gasteiger partial charge < -0.3 is 4.70 Å². The van der Waals surface area contributed by atoms with Crippen LogP contribution < -0.4 is 34.3 Å². The van der Waals surface area contributed by atoms with Crippen LogP contribution in [0.25, 0.3) is 0 Å². The van der Waals surface area contributed by atoms with Crippen LogP contribution >= 0.6 is 0 Å². The largest absolute Gasteiger partial charge is 3.00 e. The predicted octanol–water partition coefficient (Wildman–Crippen LogP) is -6.76. The summed E-state index contributed by atoms with van der Waals surface area (Å²) in [6.45, 7) is 0. The van der Waals surface area contributed by atoms with Gasteiger partial charge in [-0.25, -0.2) is 0 Å². The molecule has 10 valence electrons. The molecule has 0 aromatic rings. The summed E-state index contributed by atoms with van der Waals surface area (Å²) in [5, 5.41) is 0. The van der Waals surface area contributed by atoms with Crippen molar-refractivity contribution in [2.75, 3.05) is 0 Å². The number of rotatable bonds is 0. The van der Waals surface area contributed by atoms with E-state index in [9.17, 15) is 0 Å². The average Bonchev–Trinajstić information content (AvgIpc) is 0. The van der Waals surface area contributed by atoms with Crippen LogP contribution in [0.1, 0.15) is 0 Å². The summed E-state index contributed by atoms with van der Waals surface area (Å²) in [5.74, 6) is 0. The van der Waals surface area contributed by atoms with E-state index in [1.807, 2.05) is 0 Å². The van der Waals surface area contributed by atoms with Gasteiger partial charge in [-0.1, -0.05) is 0 Å². The summed E-state index contributed by atoms with van der Waals surface area (Å²) in [4.78, 5) is 0. The minimum atomic E-state index is 0. The van der Waals surface area contributed by atoms with E-state index < -0.39 is 0 Å². The molecule has 0 nitrogen and oxygen atoms in total. The zero-order chi connectivity index (χ0) is 0. The molecule has 0 aliphatic rings. The Morgan fingerprint density at radius 3 is 1.00 bits per heavy atom. The SMILES string of the molecule is [Al+3].[Ba+2].[F-].[Na+].[Zr+2]. The van der Waals surface area contributed by atoms with Crippen molar-refractivity contribution < 1.29 is 60.5 Å². The van der Waals surface area contributed by atoms with Gasteiger partial charge >= 0.3 is 122 Å². The van der Waals surface area contributed by atoms with E-state index in [-0.39, 0.29) is 127 Å². The fourth-order valence-electron chi connectivity index (χ4n) is 0. The Balaban J connectivity index is 0. The molecule has 5 heteroatoms. The first kappa shape index (κ1) is 36.4. The molecule has 0 aromatic carbocycles. The number of hydrogen-bond donors (Lipinski definition) is 0. The molecule has 0 heterocycles. The standard InChI is InChI=1S/Al.Ba.FH.Na.Zr/h;;1H;;/q+3;+2;;+1;+2/p-1. The molecule has 0 rings (SSSR count). The molecule has 0 spiro atoms. The third-order valence-electron chi connectivity index (χ3n) is 0. The molecule has 0 N–H and O–H groups in total. The second kappa shape index (κ2) is 24.7. The third-order valence-corrected chi connectivity index (χ3v) is 0. The summed E-state index contributed by atoms with van der Waals surface area (Å²) in [7, 11) is 0. The van der Waals surface area contributed by atoms with E-state index in [0.29, 0.717) is 0 Å².